The van der Waals surface area contributed by atoms with Gasteiger partial charge in [-0.05, 0) is 12.1 Å². The fraction of sp³-hybridized carbons (Fsp3) is 0.0833. The summed E-state index contributed by atoms with van der Waals surface area (Å²) in [6.07, 6.45) is 0.916. The van der Waals surface area contributed by atoms with Gasteiger partial charge in [-0.25, -0.2) is 9.37 Å². The minimum Gasteiger partial charge on any atom is -0.480 e. The van der Waals surface area contributed by atoms with Crippen LogP contribution in [0, 0.1) is 11.6 Å². The Labute approximate surface area is 105 Å². The van der Waals surface area contributed by atoms with Crippen molar-refractivity contribution in [2.24, 2.45) is 0 Å². The van der Waals surface area contributed by atoms with E-state index in [1.807, 2.05) is 0 Å². The van der Waals surface area contributed by atoms with Crippen LogP contribution in [0.2, 0.25) is 0 Å². The maximum atomic E-state index is 13.8. The number of aliphatic carboxylic acids is 1. The Hall–Kier alpha value is -2.57. The van der Waals surface area contributed by atoms with Crippen LogP contribution in [-0.2, 0) is 11.3 Å². The molecule has 98 valence electrons. The molecular formula is C12H8F2N2O3. The molecule has 1 aromatic carbocycles. The fourth-order valence-electron chi connectivity index (χ4n) is 1.56. The molecule has 0 aliphatic heterocycles. The van der Waals surface area contributed by atoms with Gasteiger partial charge in [0.25, 0.3) is 5.56 Å². The first-order valence-electron chi connectivity index (χ1n) is 5.21. The van der Waals surface area contributed by atoms with Gasteiger partial charge in [0.1, 0.15) is 18.1 Å². The zero-order valence-electron chi connectivity index (χ0n) is 9.51. The number of halogens is 2. The highest BCUT2D eigenvalue weighted by atomic mass is 19.1. The first-order valence-corrected chi connectivity index (χ1v) is 5.21. The highest BCUT2D eigenvalue weighted by Gasteiger charge is 2.14. The molecule has 2 aromatic rings. The van der Waals surface area contributed by atoms with Gasteiger partial charge in [-0.3, -0.25) is 14.2 Å². The number of carboxylic acids is 1. The van der Waals surface area contributed by atoms with Crippen LogP contribution in [0.1, 0.15) is 0 Å². The Morgan fingerprint density at radius 1 is 1.37 bits per heavy atom. The molecule has 0 spiro atoms. The predicted molar refractivity (Wildman–Crippen MR) is 61.5 cm³/mol. The predicted octanol–water partition coefficient (Wildman–Crippen LogP) is 1.27. The highest BCUT2D eigenvalue weighted by molar-refractivity contribution is 5.66. The molecule has 0 atom stereocenters. The Morgan fingerprint density at radius 2 is 2.11 bits per heavy atom. The molecule has 2 rings (SSSR count). The van der Waals surface area contributed by atoms with Crippen LogP contribution in [0.5, 0.6) is 0 Å². The van der Waals surface area contributed by atoms with Gasteiger partial charge in [0.2, 0.25) is 5.82 Å². The molecule has 0 aliphatic rings. The summed E-state index contributed by atoms with van der Waals surface area (Å²) in [5, 5.41) is 8.55. The van der Waals surface area contributed by atoms with Crippen molar-refractivity contribution in [1.29, 1.82) is 0 Å². The molecule has 7 heteroatoms. The van der Waals surface area contributed by atoms with Crippen LogP contribution in [0.3, 0.4) is 0 Å². The molecule has 0 saturated heterocycles. The Bertz CT molecular complexity index is 698. The van der Waals surface area contributed by atoms with Crippen molar-refractivity contribution in [3.05, 3.63) is 52.6 Å². The van der Waals surface area contributed by atoms with Gasteiger partial charge in [0, 0.05) is 5.56 Å². The molecule has 0 fully saturated rings. The molecule has 0 amide bonds. The largest absolute Gasteiger partial charge is 0.480 e. The van der Waals surface area contributed by atoms with Gasteiger partial charge in [-0.15, -0.1) is 0 Å². The van der Waals surface area contributed by atoms with Crippen molar-refractivity contribution in [2.45, 2.75) is 6.54 Å². The van der Waals surface area contributed by atoms with E-state index in [4.69, 9.17) is 5.11 Å². The highest BCUT2D eigenvalue weighted by Crippen LogP contribution is 2.18. The molecule has 5 nitrogen and oxygen atoms in total. The van der Waals surface area contributed by atoms with Crippen molar-refractivity contribution in [1.82, 2.24) is 9.55 Å². The summed E-state index contributed by atoms with van der Waals surface area (Å²) in [5.41, 5.74) is -1.32. The second-order valence-corrected chi connectivity index (χ2v) is 3.74. The van der Waals surface area contributed by atoms with Crippen LogP contribution >= 0.6 is 0 Å². The molecule has 0 radical (unpaired) electrons. The lowest BCUT2D eigenvalue weighted by Crippen LogP contribution is -2.27. The summed E-state index contributed by atoms with van der Waals surface area (Å²) in [4.78, 5) is 25.7. The summed E-state index contributed by atoms with van der Waals surface area (Å²) < 4.78 is 27.5. The maximum absolute atomic E-state index is 13.8. The molecule has 0 saturated carbocycles. The second kappa shape index (κ2) is 4.97. The summed E-state index contributed by atoms with van der Waals surface area (Å²) in [6.45, 7) is -0.688. The lowest BCUT2D eigenvalue weighted by Gasteiger charge is -2.05. The van der Waals surface area contributed by atoms with Gasteiger partial charge >= 0.3 is 5.97 Å². The van der Waals surface area contributed by atoms with Crippen molar-refractivity contribution in [2.75, 3.05) is 0 Å². The molecule has 1 aromatic heterocycles. The monoisotopic (exact) mass is 266 g/mol. The van der Waals surface area contributed by atoms with Gasteiger partial charge < -0.3 is 5.11 Å². The summed E-state index contributed by atoms with van der Waals surface area (Å²) in [5.74, 6) is -3.09. The number of carboxylic acid groups (broad SMARTS) is 1. The molecule has 1 N–H and O–H groups in total. The summed E-state index contributed by atoms with van der Waals surface area (Å²) in [6, 6.07) is 4.96. The number of nitrogens with zero attached hydrogens (tertiary/aromatic N) is 2. The van der Waals surface area contributed by atoms with Crippen LogP contribution < -0.4 is 5.56 Å². The molecule has 19 heavy (non-hydrogen) atoms. The first-order chi connectivity index (χ1) is 8.99. The van der Waals surface area contributed by atoms with Crippen molar-refractivity contribution in [3.8, 4) is 11.3 Å². The molecule has 0 unspecified atom stereocenters. The Morgan fingerprint density at radius 3 is 2.74 bits per heavy atom. The van der Waals surface area contributed by atoms with Crippen LogP contribution in [0.25, 0.3) is 11.3 Å². The fourth-order valence-corrected chi connectivity index (χ4v) is 1.56. The van der Waals surface area contributed by atoms with E-state index in [1.165, 1.54) is 18.2 Å². The van der Waals surface area contributed by atoms with E-state index in [-0.39, 0.29) is 11.3 Å². The number of carbonyl (C=O) groups is 1. The Balaban J connectivity index is 2.53. The third-order valence-corrected chi connectivity index (χ3v) is 2.39. The number of rotatable bonds is 3. The van der Waals surface area contributed by atoms with E-state index in [0.29, 0.717) is 4.57 Å². The maximum Gasteiger partial charge on any atom is 0.323 e. The topological polar surface area (TPSA) is 72.2 Å². The first kappa shape index (κ1) is 12.9. The molecule has 0 bridgehead atoms. The number of hydrogen-bond acceptors (Lipinski definition) is 3. The van der Waals surface area contributed by atoms with Gasteiger partial charge in [-0.2, -0.15) is 4.39 Å². The van der Waals surface area contributed by atoms with E-state index < -0.39 is 29.7 Å². The van der Waals surface area contributed by atoms with Gasteiger partial charge in [-0.1, -0.05) is 12.1 Å². The summed E-state index contributed by atoms with van der Waals surface area (Å²) in [7, 11) is 0. The Kier molecular flexibility index (Phi) is 3.37. The second-order valence-electron chi connectivity index (χ2n) is 3.74. The standard InChI is InChI=1S/C12H8F2N2O3/c13-8-3-1-2-7(4-8)11-10(14)12(19)16(6-15-11)5-9(17)18/h1-4,6H,5H2,(H,17,18). The number of benzene rings is 1. The van der Waals surface area contributed by atoms with Crippen molar-refractivity contribution < 1.29 is 18.7 Å². The molecular weight excluding hydrogens is 258 g/mol. The molecule has 1 heterocycles. The van der Waals surface area contributed by atoms with Crippen molar-refractivity contribution >= 4 is 5.97 Å². The minimum atomic E-state index is -1.29. The van der Waals surface area contributed by atoms with E-state index in [9.17, 15) is 18.4 Å². The SMILES string of the molecule is O=C(O)Cn1cnc(-c2cccc(F)c2)c(F)c1=O. The van der Waals surface area contributed by atoms with E-state index in [1.54, 1.807) is 0 Å². The van der Waals surface area contributed by atoms with Crippen LogP contribution in [-0.4, -0.2) is 20.6 Å². The number of hydrogen-bond donors (Lipinski definition) is 1. The average molecular weight is 266 g/mol. The zero-order valence-corrected chi connectivity index (χ0v) is 9.51. The van der Waals surface area contributed by atoms with Gasteiger partial charge in [0.05, 0.1) is 6.33 Å². The lowest BCUT2D eigenvalue weighted by atomic mass is 10.1. The van der Waals surface area contributed by atoms with E-state index in [0.717, 1.165) is 12.4 Å². The third kappa shape index (κ3) is 2.65. The minimum absolute atomic E-state index is 0.108. The van der Waals surface area contributed by atoms with Crippen LogP contribution in [0.4, 0.5) is 8.78 Å². The quantitative estimate of drug-likeness (QED) is 0.908. The van der Waals surface area contributed by atoms with Crippen molar-refractivity contribution in [3.63, 3.8) is 0 Å². The lowest BCUT2D eigenvalue weighted by molar-refractivity contribution is -0.137. The van der Waals surface area contributed by atoms with Gasteiger partial charge in [0.15, 0.2) is 0 Å². The van der Waals surface area contributed by atoms with E-state index in [2.05, 4.69) is 4.98 Å². The van der Waals surface area contributed by atoms with Crippen LogP contribution in [0.15, 0.2) is 35.4 Å². The smallest absolute Gasteiger partial charge is 0.323 e. The normalized spacial score (nSPS) is 10.4. The third-order valence-electron chi connectivity index (χ3n) is 2.39. The van der Waals surface area contributed by atoms with E-state index >= 15 is 0 Å². The average Bonchev–Trinajstić information content (AvgIpc) is 2.35. The number of aromatic nitrogens is 2. The molecule has 0 aliphatic carbocycles. The summed E-state index contributed by atoms with van der Waals surface area (Å²) >= 11 is 0. The zero-order chi connectivity index (χ0) is 14.0.